The van der Waals surface area contributed by atoms with Crippen molar-refractivity contribution >= 4 is 28.7 Å². The quantitative estimate of drug-likeness (QED) is 0.550. The maximum absolute atomic E-state index is 5.41. The molecule has 3 nitrogen and oxygen atoms in total. The molecule has 0 bridgehead atoms. The molecule has 4 heteroatoms. The maximum Gasteiger partial charge on any atom is 0.170 e. The molecule has 0 aliphatic carbocycles. The summed E-state index contributed by atoms with van der Waals surface area (Å²) < 4.78 is 0. The van der Waals surface area contributed by atoms with Crippen LogP contribution in [0.3, 0.4) is 0 Å². The van der Waals surface area contributed by atoms with Crippen LogP contribution in [0.25, 0.3) is 0 Å². The van der Waals surface area contributed by atoms with Crippen LogP contribution in [0.15, 0.2) is 42.5 Å². The van der Waals surface area contributed by atoms with E-state index in [1.807, 2.05) is 0 Å². The fraction of sp³-hybridized carbons (Fsp3) is 0.381. The molecular weight excluding hydrogens is 326 g/mol. The van der Waals surface area contributed by atoms with E-state index < -0.39 is 0 Å². The van der Waals surface area contributed by atoms with Crippen LogP contribution in [0.5, 0.6) is 0 Å². The molecule has 0 amide bonds. The van der Waals surface area contributed by atoms with E-state index in [-0.39, 0.29) is 0 Å². The normalized spacial score (nSPS) is 10.4. The van der Waals surface area contributed by atoms with Crippen LogP contribution in [0.2, 0.25) is 0 Å². The Morgan fingerprint density at radius 2 is 1.68 bits per heavy atom. The van der Waals surface area contributed by atoms with Gasteiger partial charge in [0, 0.05) is 31.0 Å². The molecule has 2 N–H and O–H groups in total. The molecule has 25 heavy (non-hydrogen) atoms. The third kappa shape index (κ3) is 6.05. The Morgan fingerprint density at radius 1 is 1.00 bits per heavy atom. The number of hydrogen-bond donors (Lipinski definition) is 2. The third-order valence-electron chi connectivity index (χ3n) is 4.30. The predicted molar refractivity (Wildman–Crippen MR) is 114 cm³/mol. The minimum absolute atomic E-state index is 0.685. The molecule has 0 aromatic heterocycles. The van der Waals surface area contributed by atoms with Crippen molar-refractivity contribution in [3.8, 4) is 0 Å². The first-order chi connectivity index (χ1) is 12.0. The second kappa shape index (κ2) is 9.42. The van der Waals surface area contributed by atoms with Gasteiger partial charge in [0.1, 0.15) is 0 Å². The monoisotopic (exact) mass is 355 g/mol. The number of thiocarbonyl (C=S) groups is 1. The van der Waals surface area contributed by atoms with Crippen LogP contribution >= 0.6 is 12.2 Å². The summed E-state index contributed by atoms with van der Waals surface area (Å²) in [6.07, 6.45) is 1.04. The summed E-state index contributed by atoms with van der Waals surface area (Å²) in [6.45, 7) is 11.4. The lowest BCUT2D eigenvalue weighted by atomic mass is 10.1. The summed E-state index contributed by atoms with van der Waals surface area (Å²) in [5.41, 5.74) is 6.12. The average molecular weight is 356 g/mol. The van der Waals surface area contributed by atoms with Crippen molar-refractivity contribution in [1.29, 1.82) is 0 Å². The summed E-state index contributed by atoms with van der Waals surface area (Å²) in [6, 6.07) is 15.1. The zero-order valence-electron chi connectivity index (χ0n) is 15.7. The SMILES string of the molecule is CCN(CCCNC(=S)Nc1ccc(C)cc1C)c1ccc(C)cc1. The van der Waals surface area contributed by atoms with Crippen LogP contribution in [-0.4, -0.2) is 24.7 Å². The average Bonchev–Trinajstić information content (AvgIpc) is 2.58. The zero-order valence-corrected chi connectivity index (χ0v) is 16.5. The van der Waals surface area contributed by atoms with Crippen molar-refractivity contribution in [2.24, 2.45) is 0 Å². The van der Waals surface area contributed by atoms with Gasteiger partial charge in [-0.1, -0.05) is 35.4 Å². The summed E-state index contributed by atoms with van der Waals surface area (Å²) >= 11 is 5.41. The Bertz CT molecular complexity index is 695. The van der Waals surface area contributed by atoms with E-state index in [9.17, 15) is 0 Å². The minimum Gasteiger partial charge on any atom is -0.372 e. The number of benzene rings is 2. The van der Waals surface area contributed by atoms with Crippen LogP contribution in [0.1, 0.15) is 30.0 Å². The van der Waals surface area contributed by atoms with E-state index >= 15 is 0 Å². The Kier molecular flexibility index (Phi) is 7.26. The molecule has 0 spiro atoms. The minimum atomic E-state index is 0.685. The molecule has 0 aliphatic heterocycles. The van der Waals surface area contributed by atoms with Gasteiger partial charge in [0.05, 0.1) is 0 Å². The summed E-state index contributed by atoms with van der Waals surface area (Å²) in [4.78, 5) is 2.39. The lowest BCUT2D eigenvalue weighted by molar-refractivity contribution is 0.726. The molecule has 0 unspecified atom stereocenters. The van der Waals surface area contributed by atoms with Gasteiger partial charge in [-0.2, -0.15) is 0 Å². The summed E-state index contributed by atoms with van der Waals surface area (Å²) in [7, 11) is 0. The van der Waals surface area contributed by atoms with E-state index in [2.05, 4.69) is 85.7 Å². The van der Waals surface area contributed by atoms with Crippen LogP contribution in [0.4, 0.5) is 11.4 Å². The van der Waals surface area contributed by atoms with E-state index in [4.69, 9.17) is 12.2 Å². The van der Waals surface area contributed by atoms with Gasteiger partial charge in [-0.3, -0.25) is 0 Å². The smallest absolute Gasteiger partial charge is 0.170 e. The molecule has 0 aliphatic rings. The van der Waals surface area contributed by atoms with Gasteiger partial charge in [-0.15, -0.1) is 0 Å². The highest BCUT2D eigenvalue weighted by molar-refractivity contribution is 7.80. The Hall–Kier alpha value is -2.07. The first-order valence-electron chi connectivity index (χ1n) is 8.93. The van der Waals surface area contributed by atoms with Crippen molar-refractivity contribution in [3.05, 3.63) is 59.2 Å². The van der Waals surface area contributed by atoms with Crippen molar-refractivity contribution in [2.45, 2.75) is 34.1 Å². The molecule has 2 aromatic rings. The lowest BCUT2D eigenvalue weighted by Crippen LogP contribution is -2.32. The van der Waals surface area contributed by atoms with Crippen molar-refractivity contribution in [1.82, 2.24) is 5.32 Å². The zero-order chi connectivity index (χ0) is 18.2. The van der Waals surface area contributed by atoms with Gasteiger partial charge < -0.3 is 15.5 Å². The third-order valence-corrected chi connectivity index (χ3v) is 4.55. The number of rotatable bonds is 7. The van der Waals surface area contributed by atoms with E-state index in [1.54, 1.807) is 0 Å². The number of hydrogen-bond acceptors (Lipinski definition) is 2. The number of nitrogens with one attached hydrogen (secondary N) is 2. The summed E-state index contributed by atoms with van der Waals surface area (Å²) in [5, 5.41) is 7.28. The molecule has 134 valence electrons. The molecule has 0 atom stereocenters. The highest BCUT2D eigenvalue weighted by Crippen LogP contribution is 2.16. The fourth-order valence-corrected chi connectivity index (χ4v) is 3.03. The molecule has 0 saturated heterocycles. The second-order valence-electron chi connectivity index (χ2n) is 6.47. The largest absolute Gasteiger partial charge is 0.372 e. The highest BCUT2D eigenvalue weighted by atomic mass is 32.1. The first-order valence-corrected chi connectivity index (χ1v) is 9.34. The van der Waals surface area contributed by atoms with Gasteiger partial charge >= 0.3 is 0 Å². The Labute approximate surface area is 157 Å². The maximum atomic E-state index is 5.41. The first kappa shape index (κ1) is 19.3. The van der Waals surface area contributed by atoms with Crippen LogP contribution in [0, 0.1) is 20.8 Å². The molecular formula is C21H29N3S. The number of anilines is 2. The molecule has 0 saturated carbocycles. The molecule has 2 aromatic carbocycles. The van der Waals surface area contributed by atoms with Gasteiger partial charge in [0.15, 0.2) is 5.11 Å². The molecule has 2 rings (SSSR count). The Morgan fingerprint density at radius 3 is 2.32 bits per heavy atom. The van der Waals surface area contributed by atoms with Crippen molar-refractivity contribution in [2.75, 3.05) is 29.9 Å². The standard InChI is InChI=1S/C21H29N3S/c1-5-24(19-10-7-16(2)8-11-19)14-6-13-22-21(25)23-20-12-9-17(3)15-18(20)4/h7-12,15H,5-6,13-14H2,1-4H3,(H2,22,23,25). The van der Waals surface area contributed by atoms with Crippen LogP contribution < -0.4 is 15.5 Å². The predicted octanol–water partition coefficient (Wildman–Crippen LogP) is 4.81. The van der Waals surface area contributed by atoms with Crippen molar-refractivity contribution in [3.63, 3.8) is 0 Å². The number of aryl methyl sites for hydroxylation is 3. The van der Waals surface area contributed by atoms with Gasteiger partial charge in [-0.05, 0) is 70.1 Å². The fourth-order valence-electron chi connectivity index (χ4n) is 2.82. The summed E-state index contributed by atoms with van der Waals surface area (Å²) in [5.74, 6) is 0. The second-order valence-corrected chi connectivity index (χ2v) is 6.88. The van der Waals surface area contributed by atoms with E-state index in [0.717, 1.165) is 31.7 Å². The lowest BCUT2D eigenvalue weighted by Gasteiger charge is -2.23. The number of nitrogens with zero attached hydrogens (tertiary/aromatic N) is 1. The van der Waals surface area contributed by atoms with Crippen LogP contribution in [-0.2, 0) is 0 Å². The van der Waals surface area contributed by atoms with Gasteiger partial charge in [-0.25, -0.2) is 0 Å². The highest BCUT2D eigenvalue weighted by Gasteiger charge is 2.05. The molecule has 0 heterocycles. The van der Waals surface area contributed by atoms with E-state index in [0.29, 0.717) is 5.11 Å². The van der Waals surface area contributed by atoms with Gasteiger partial charge in [0.2, 0.25) is 0 Å². The Balaban J connectivity index is 1.75. The van der Waals surface area contributed by atoms with Gasteiger partial charge in [0.25, 0.3) is 0 Å². The topological polar surface area (TPSA) is 27.3 Å². The molecule has 0 fully saturated rings. The van der Waals surface area contributed by atoms with E-state index in [1.165, 1.54) is 22.4 Å². The van der Waals surface area contributed by atoms with Crippen molar-refractivity contribution < 1.29 is 0 Å². The molecule has 0 radical (unpaired) electrons.